The van der Waals surface area contributed by atoms with Crippen LogP contribution in [0.1, 0.15) is 5.56 Å². The second kappa shape index (κ2) is 6.39. The Kier molecular flexibility index (Phi) is 4.14. The number of imide groups is 1. The monoisotopic (exact) mass is 311 g/mol. The van der Waals surface area contributed by atoms with E-state index in [1.165, 1.54) is 12.1 Å². The first-order valence-corrected chi connectivity index (χ1v) is 7.10. The molecule has 116 valence electrons. The zero-order valence-corrected chi connectivity index (χ0v) is 12.2. The van der Waals surface area contributed by atoms with Crippen LogP contribution in [-0.4, -0.2) is 34.9 Å². The van der Waals surface area contributed by atoms with E-state index >= 15 is 0 Å². The molecule has 0 aliphatic carbocycles. The van der Waals surface area contributed by atoms with Gasteiger partial charge in [-0.15, -0.1) is 0 Å². The number of aromatic nitrogens is 1. The van der Waals surface area contributed by atoms with Crippen LogP contribution in [0.15, 0.2) is 48.7 Å². The minimum absolute atomic E-state index is 0.0561. The molecule has 0 saturated carbocycles. The number of carbonyl (C=O) groups excluding carboxylic acids is 2. The molecule has 6 heteroatoms. The van der Waals surface area contributed by atoms with Crippen molar-refractivity contribution in [3.8, 4) is 11.3 Å². The summed E-state index contributed by atoms with van der Waals surface area (Å²) in [5.74, 6) is -0.516. The van der Waals surface area contributed by atoms with Crippen LogP contribution in [0.4, 0.5) is 9.18 Å². The third-order valence-corrected chi connectivity index (χ3v) is 3.46. The third kappa shape index (κ3) is 3.42. The first-order chi connectivity index (χ1) is 11.1. The summed E-state index contributed by atoms with van der Waals surface area (Å²) in [6, 6.07) is 9.46. The maximum atomic E-state index is 12.9. The molecule has 5 nitrogen and oxygen atoms in total. The van der Waals surface area contributed by atoms with Crippen molar-refractivity contribution in [2.24, 2.45) is 0 Å². The molecule has 0 atom stereocenters. The highest BCUT2D eigenvalue weighted by molar-refractivity contribution is 6.02. The van der Waals surface area contributed by atoms with Gasteiger partial charge in [-0.05, 0) is 35.9 Å². The molecule has 3 rings (SSSR count). The number of hydrogen-bond acceptors (Lipinski definition) is 3. The predicted molar refractivity (Wildman–Crippen MR) is 83.8 cm³/mol. The van der Waals surface area contributed by atoms with Gasteiger partial charge >= 0.3 is 6.03 Å². The van der Waals surface area contributed by atoms with Gasteiger partial charge in [-0.1, -0.05) is 18.2 Å². The SMILES string of the molecule is O=C1CNC(=O)N1CC=Cc1ccc(-c2ccc(F)cc2)nc1. The smallest absolute Gasteiger partial charge is 0.324 e. The Morgan fingerprint density at radius 3 is 2.57 bits per heavy atom. The number of nitrogens with one attached hydrogen (secondary N) is 1. The van der Waals surface area contributed by atoms with Gasteiger partial charge in [0.1, 0.15) is 5.82 Å². The molecule has 1 N–H and O–H groups in total. The normalized spacial score (nSPS) is 14.6. The summed E-state index contributed by atoms with van der Waals surface area (Å²) in [7, 11) is 0. The maximum absolute atomic E-state index is 12.9. The first kappa shape index (κ1) is 14.9. The van der Waals surface area contributed by atoms with Gasteiger partial charge in [-0.25, -0.2) is 9.18 Å². The molecule has 1 aliphatic heterocycles. The van der Waals surface area contributed by atoms with Crippen LogP contribution < -0.4 is 5.32 Å². The number of nitrogens with zero attached hydrogens (tertiary/aromatic N) is 2. The highest BCUT2D eigenvalue weighted by Crippen LogP contribution is 2.17. The molecule has 1 saturated heterocycles. The van der Waals surface area contributed by atoms with Crippen molar-refractivity contribution in [2.75, 3.05) is 13.1 Å². The summed E-state index contributed by atoms with van der Waals surface area (Å²) in [5.41, 5.74) is 2.43. The predicted octanol–water partition coefficient (Wildman–Crippen LogP) is 2.45. The van der Waals surface area contributed by atoms with Crippen molar-refractivity contribution in [1.29, 1.82) is 0 Å². The lowest BCUT2D eigenvalue weighted by Crippen LogP contribution is -2.30. The summed E-state index contributed by atoms with van der Waals surface area (Å²) in [6.07, 6.45) is 5.21. The molecule has 1 aromatic carbocycles. The van der Waals surface area contributed by atoms with Gasteiger partial charge in [0.05, 0.1) is 12.2 Å². The molecule has 2 heterocycles. The Hall–Kier alpha value is -3.02. The highest BCUT2D eigenvalue weighted by Gasteiger charge is 2.26. The van der Waals surface area contributed by atoms with E-state index in [4.69, 9.17) is 0 Å². The van der Waals surface area contributed by atoms with Gasteiger partial charge in [0.2, 0.25) is 5.91 Å². The van der Waals surface area contributed by atoms with Crippen molar-refractivity contribution in [3.63, 3.8) is 0 Å². The number of pyridine rings is 1. The van der Waals surface area contributed by atoms with Crippen LogP contribution in [0.25, 0.3) is 17.3 Å². The molecular weight excluding hydrogens is 297 g/mol. The van der Waals surface area contributed by atoms with E-state index in [2.05, 4.69) is 10.3 Å². The largest absolute Gasteiger partial charge is 0.329 e. The lowest BCUT2D eigenvalue weighted by atomic mass is 10.1. The Morgan fingerprint density at radius 2 is 1.96 bits per heavy atom. The van der Waals surface area contributed by atoms with Gasteiger partial charge in [-0.3, -0.25) is 14.7 Å². The second-order valence-electron chi connectivity index (χ2n) is 5.05. The average molecular weight is 311 g/mol. The molecule has 0 spiro atoms. The van der Waals surface area contributed by atoms with E-state index in [1.807, 2.05) is 12.1 Å². The minimum atomic E-state index is -0.371. The summed E-state index contributed by atoms with van der Waals surface area (Å²) in [4.78, 5) is 28.3. The van der Waals surface area contributed by atoms with E-state index in [0.717, 1.165) is 21.7 Å². The summed E-state index contributed by atoms with van der Waals surface area (Å²) >= 11 is 0. The quantitative estimate of drug-likeness (QED) is 0.882. The molecule has 0 unspecified atom stereocenters. The Bertz CT molecular complexity index is 738. The highest BCUT2D eigenvalue weighted by atomic mass is 19.1. The zero-order valence-electron chi connectivity index (χ0n) is 12.2. The Labute approximate surface area is 132 Å². The van der Waals surface area contributed by atoms with E-state index in [9.17, 15) is 14.0 Å². The van der Waals surface area contributed by atoms with Gasteiger partial charge in [0.15, 0.2) is 0 Å². The summed E-state index contributed by atoms with van der Waals surface area (Å²) < 4.78 is 12.9. The first-order valence-electron chi connectivity index (χ1n) is 7.10. The van der Waals surface area contributed by atoms with Crippen LogP contribution in [0.5, 0.6) is 0 Å². The van der Waals surface area contributed by atoms with Gasteiger partial charge in [0, 0.05) is 18.3 Å². The lowest BCUT2D eigenvalue weighted by Gasteiger charge is -2.08. The van der Waals surface area contributed by atoms with E-state index in [1.54, 1.807) is 30.5 Å². The van der Waals surface area contributed by atoms with E-state index in [0.29, 0.717) is 0 Å². The fourth-order valence-corrected chi connectivity index (χ4v) is 2.23. The molecule has 1 aromatic heterocycles. The Balaban J connectivity index is 1.65. The van der Waals surface area contributed by atoms with Gasteiger partial charge in [-0.2, -0.15) is 0 Å². The van der Waals surface area contributed by atoms with Gasteiger partial charge in [0.25, 0.3) is 0 Å². The molecular formula is C17H14FN3O2. The molecule has 1 fully saturated rings. The number of hydrogen-bond donors (Lipinski definition) is 1. The van der Waals surface area contributed by atoms with Crippen molar-refractivity contribution >= 4 is 18.0 Å². The van der Waals surface area contributed by atoms with Crippen LogP contribution in [0, 0.1) is 5.82 Å². The van der Waals surface area contributed by atoms with Crippen LogP contribution in [-0.2, 0) is 4.79 Å². The Morgan fingerprint density at radius 1 is 1.17 bits per heavy atom. The number of urea groups is 1. The molecule has 1 aliphatic rings. The fourth-order valence-electron chi connectivity index (χ4n) is 2.23. The van der Waals surface area contributed by atoms with E-state index in [-0.39, 0.29) is 30.8 Å². The van der Waals surface area contributed by atoms with Gasteiger partial charge < -0.3 is 5.32 Å². The number of benzene rings is 1. The maximum Gasteiger partial charge on any atom is 0.324 e. The average Bonchev–Trinajstić information content (AvgIpc) is 2.88. The van der Waals surface area contributed by atoms with Crippen LogP contribution in [0.2, 0.25) is 0 Å². The van der Waals surface area contributed by atoms with Crippen LogP contribution >= 0.6 is 0 Å². The third-order valence-electron chi connectivity index (χ3n) is 3.46. The molecule has 0 bridgehead atoms. The standard InChI is InChI=1S/C17H14FN3O2/c18-14-6-4-13(5-7-14)15-8-3-12(10-19-15)2-1-9-21-16(22)11-20-17(21)23/h1-8,10H,9,11H2,(H,20,23). The van der Waals surface area contributed by atoms with Crippen molar-refractivity contribution in [2.45, 2.75) is 0 Å². The molecule has 3 amide bonds. The molecule has 23 heavy (non-hydrogen) atoms. The molecule has 2 aromatic rings. The fraction of sp³-hybridized carbons (Fsp3) is 0.118. The topological polar surface area (TPSA) is 62.3 Å². The van der Waals surface area contributed by atoms with E-state index < -0.39 is 0 Å². The summed E-state index contributed by atoms with van der Waals surface area (Å²) in [6.45, 7) is 0.283. The number of amides is 3. The zero-order chi connectivity index (χ0) is 16.2. The number of carbonyl (C=O) groups is 2. The number of rotatable bonds is 4. The van der Waals surface area contributed by atoms with Crippen molar-refractivity contribution < 1.29 is 14.0 Å². The van der Waals surface area contributed by atoms with Crippen molar-refractivity contribution in [3.05, 3.63) is 60.1 Å². The van der Waals surface area contributed by atoms with Crippen LogP contribution in [0.3, 0.4) is 0 Å². The summed E-state index contributed by atoms with van der Waals surface area (Å²) in [5, 5.41) is 2.46. The van der Waals surface area contributed by atoms with Crippen molar-refractivity contribution in [1.82, 2.24) is 15.2 Å². The lowest BCUT2D eigenvalue weighted by molar-refractivity contribution is -0.124. The minimum Gasteiger partial charge on any atom is -0.329 e. The number of halogens is 1. The molecule has 0 radical (unpaired) electrons. The second-order valence-corrected chi connectivity index (χ2v) is 5.05.